The summed E-state index contributed by atoms with van der Waals surface area (Å²) in [6, 6.07) is 32.7. The molecule has 6 aromatic rings. The molecule has 3 heterocycles. The van der Waals surface area contributed by atoms with Gasteiger partial charge in [0.2, 0.25) is 0 Å². The van der Waals surface area contributed by atoms with Crippen LogP contribution >= 0.6 is 15.9 Å². The van der Waals surface area contributed by atoms with Gasteiger partial charge < -0.3 is 0 Å². The highest BCUT2D eigenvalue weighted by molar-refractivity contribution is 9.10. The van der Waals surface area contributed by atoms with E-state index in [1.54, 1.807) is 0 Å². The monoisotopic (exact) mass is 476 g/mol. The number of pyridine rings is 1. The van der Waals surface area contributed by atoms with E-state index in [0.29, 0.717) is 5.82 Å². The van der Waals surface area contributed by atoms with Gasteiger partial charge >= 0.3 is 0 Å². The fourth-order valence-corrected chi connectivity index (χ4v) is 4.42. The van der Waals surface area contributed by atoms with Crippen LogP contribution in [0.5, 0.6) is 0 Å². The lowest BCUT2D eigenvalue weighted by Crippen LogP contribution is -2.02. The average Bonchev–Trinajstić information content (AvgIpc) is 3.18. The van der Waals surface area contributed by atoms with Crippen LogP contribution in [0.15, 0.2) is 108 Å². The molecule has 152 valence electrons. The first kappa shape index (κ1) is 18.9. The number of hydrogen-bond donors (Lipinski definition) is 0. The van der Waals surface area contributed by atoms with Crippen molar-refractivity contribution in [1.82, 2.24) is 19.5 Å². The van der Waals surface area contributed by atoms with Gasteiger partial charge in [-0.05, 0) is 30.3 Å². The molecule has 32 heavy (non-hydrogen) atoms. The molecule has 0 N–H and O–H groups in total. The Morgan fingerprint density at radius 2 is 1.41 bits per heavy atom. The van der Waals surface area contributed by atoms with Crippen molar-refractivity contribution >= 4 is 37.9 Å². The molecule has 0 atom stereocenters. The van der Waals surface area contributed by atoms with Crippen LogP contribution in [-0.4, -0.2) is 19.5 Å². The molecule has 3 aromatic carbocycles. The van der Waals surface area contributed by atoms with Gasteiger partial charge in [0.25, 0.3) is 0 Å². The van der Waals surface area contributed by atoms with Gasteiger partial charge in [0.15, 0.2) is 5.82 Å². The molecule has 0 bridgehead atoms. The summed E-state index contributed by atoms with van der Waals surface area (Å²) in [5, 5.41) is 1.09. The van der Waals surface area contributed by atoms with Crippen LogP contribution in [0.1, 0.15) is 0 Å². The Balaban J connectivity index is 1.70. The van der Waals surface area contributed by atoms with E-state index in [-0.39, 0.29) is 0 Å². The van der Waals surface area contributed by atoms with E-state index in [4.69, 9.17) is 9.97 Å². The summed E-state index contributed by atoms with van der Waals surface area (Å²) < 4.78 is 3.18. The number of fused-ring (bicyclic) bond motifs is 3. The molecule has 0 aliphatic heterocycles. The van der Waals surface area contributed by atoms with Crippen LogP contribution < -0.4 is 0 Å². The van der Waals surface area contributed by atoms with E-state index < -0.39 is 0 Å². The second-order valence-corrected chi connectivity index (χ2v) is 8.45. The molecule has 0 spiro atoms. The minimum absolute atomic E-state index is 0.691. The van der Waals surface area contributed by atoms with Crippen LogP contribution in [0.25, 0.3) is 50.4 Å². The predicted octanol–water partition coefficient (Wildman–Crippen LogP) is 7.07. The molecule has 0 saturated heterocycles. The van der Waals surface area contributed by atoms with Gasteiger partial charge in [0.1, 0.15) is 5.82 Å². The first-order valence-corrected chi connectivity index (χ1v) is 11.1. The molecule has 0 aliphatic carbocycles. The Kier molecular flexibility index (Phi) is 4.55. The van der Waals surface area contributed by atoms with E-state index >= 15 is 0 Å². The molecular formula is C27H17BrN4. The standard InChI is InChI=1S/C27H17BrN4/c28-20-13-14-21-24(16-20)32(23-12-7-15-29-26(21)23)25-17-22(18-8-3-1-4-9-18)30-27(31-25)19-10-5-2-6-11-19/h1-17H. The summed E-state index contributed by atoms with van der Waals surface area (Å²) in [4.78, 5) is 14.6. The average molecular weight is 477 g/mol. The fraction of sp³-hybridized carbons (Fsp3) is 0. The largest absolute Gasteiger partial charge is 0.292 e. The van der Waals surface area contributed by atoms with Gasteiger partial charge in [-0.2, -0.15) is 0 Å². The molecule has 0 fully saturated rings. The fourth-order valence-electron chi connectivity index (χ4n) is 4.07. The highest BCUT2D eigenvalue weighted by Gasteiger charge is 2.17. The van der Waals surface area contributed by atoms with Gasteiger partial charge in [-0.15, -0.1) is 0 Å². The summed E-state index contributed by atoms with van der Waals surface area (Å²) in [5.74, 6) is 1.50. The normalized spacial score (nSPS) is 11.3. The summed E-state index contributed by atoms with van der Waals surface area (Å²) in [6.45, 7) is 0. The zero-order valence-electron chi connectivity index (χ0n) is 17.0. The second kappa shape index (κ2) is 7.70. The van der Waals surface area contributed by atoms with Crippen LogP contribution in [0.2, 0.25) is 0 Å². The zero-order valence-corrected chi connectivity index (χ0v) is 18.6. The zero-order chi connectivity index (χ0) is 21.5. The van der Waals surface area contributed by atoms with E-state index in [1.165, 1.54) is 0 Å². The topological polar surface area (TPSA) is 43.6 Å². The lowest BCUT2D eigenvalue weighted by molar-refractivity contribution is 1.05. The van der Waals surface area contributed by atoms with Gasteiger partial charge in [-0.1, -0.05) is 76.6 Å². The molecule has 0 amide bonds. The minimum atomic E-state index is 0.691. The van der Waals surface area contributed by atoms with Crippen LogP contribution in [0, 0.1) is 0 Å². The molecule has 0 aliphatic rings. The van der Waals surface area contributed by atoms with Crippen molar-refractivity contribution in [2.24, 2.45) is 0 Å². The SMILES string of the molecule is Brc1ccc2c3ncccc3n(-c3cc(-c4ccccc4)nc(-c4ccccc4)n3)c2c1. The molecular weight excluding hydrogens is 460 g/mol. The quantitative estimate of drug-likeness (QED) is 0.274. The Morgan fingerprint density at radius 1 is 0.656 bits per heavy atom. The smallest absolute Gasteiger partial charge is 0.162 e. The molecule has 3 aromatic heterocycles. The molecule has 0 unspecified atom stereocenters. The third-order valence-electron chi connectivity index (χ3n) is 5.53. The third kappa shape index (κ3) is 3.18. The number of aromatic nitrogens is 4. The van der Waals surface area contributed by atoms with Crippen molar-refractivity contribution in [2.75, 3.05) is 0 Å². The Labute approximate surface area is 193 Å². The van der Waals surface area contributed by atoms with Crippen molar-refractivity contribution in [3.05, 3.63) is 108 Å². The highest BCUT2D eigenvalue weighted by Crippen LogP contribution is 2.33. The van der Waals surface area contributed by atoms with Gasteiger partial charge in [-0.3, -0.25) is 9.55 Å². The Hall–Kier alpha value is -3.83. The van der Waals surface area contributed by atoms with Crippen LogP contribution in [-0.2, 0) is 0 Å². The van der Waals surface area contributed by atoms with E-state index in [2.05, 4.69) is 61.9 Å². The Morgan fingerprint density at radius 3 is 2.19 bits per heavy atom. The van der Waals surface area contributed by atoms with E-state index in [1.807, 2.05) is 66.9 Å². The summed E-state index contributed by atoms with van der Waals surface area (Å²) in [7, 11) is 0. The number of hydrogen-bond acceptors (Lipinski definition) is 3. The minimum Gasteiger partial charge on any atom is -0.292 e. The number of nitrogens with zero attached hydrogens (tertiary/aromatic N) is 4. The lowest BCUT2D eigenvalue weighted by atomic mass is 10.1. The molecule has 0 saturated carbocycles. The van der Waals surface area contributed by atoms with Crippen molar-refractivity contribution in [1.29, 1.82) is 0 Å². The van der Waals surface area contributed by atoms with Crippen molar-refractivity contribution in [3.8, 4) is 28.5 Å². The maximum absolute atomic E-state index is 5.01. The maximum Gasteiger partial charge on any atom is 0.162 e. The number of rotatable bonds is 3. The maximum atomic E-state index is 5.01. The van der Waals surface area contributed by atoms with Gasteiger partial charge in [-0.25, -0.2) is 9.97 Å². The number of benzene rings is 3. The van der Waals surface area contributed by atoms with Crippen molar-refractivity contribution < 1.29 is 0 Å². The third-order valence-corrected chi connectivity index (χ3v) is 6.02. The van der Waals surface area contributed by atoms with Crippen LogP contribution in [0.3, 0.4) is 0 Å². The van der Waals surface area contributed by atoms with E-state index in [9.17, 15) is 0 Å². The summed E-state index contributed by atoms with van der Waals surface area (Å²) in [6.07, 6.45) is 1.83. The first-order valence-electron chi connectivity index (χ1n) is 10.3. The number of halogens is 1. The van der Waals surface area contributed by atoms with Crippen molar-refractivity contribution in [3.63, 3.8) is 0 Å². The second-order valence-electron chi connectivity index (χ2n) is 7.54. The lowest BCUT2D eigenvalue weighted by Gasteiger charge is -2.12. The predicted molar refractivity (Wildman–Crippen MR) is 133 cm³/mol. The van der Waals surface area contributed by atoms with Gasteiger partial charge in [0.05, 0.1) is 22.2 Å². The van der Waals surface area contributed by atoms with Crippen molar-refractivity contribution in [2.45, 2.75) is 0 Å². The molecule has 0 radical (unpaired) electrons. The summed E-state index contributed by atoms with van der Waals surface area (Å²) in [5.41, 5.74) is 5.92. The first-order chi connectivity index (χ1) is 15.8. The molecule has 5 heteroatoms. The Bertz CT molecular complexity index is 1520. The van der Waals surface area contributed by atoms with Crippen LogP contribution in [0.4, 0.5) is 0 Å². The summed E-state index contributed by atoms with van der Waals surface area (Å²) >= 11 is 3.63. The highest BCUT2D eigenvalue weighted by atomic mass is 79.9. The van der Waals surface area contributed by atoms with E-state index in [0.717, 1.165) is 49.0 Å². The van der Waals surface area contributed by atoms with Gasteiger partial charge in [0, 0.05) is 33.2 Å². The molecule has 6 rings (SSSR count). The molecule has 4 nitrogen and oxygen atoms in total.